The van der Waals surface area contributed by atoms with Crippen molar-refractivity contribution in [2.24, 2.45) is 0 Å². The van der Waals surface area contributed by atoms with Crippen molar-refractivity contribution in [3.05, 3.63) is 101 Å². The number of hydrogen-bond acceptors (Lipinski definition) is 8. The van der Waals surface area contributed by atoms with Gasteiger partial charge in [0.2, 0.25) is 5.91 Å². The zero-order chi connectivity index (χ0) is 32.5. The van der Waals surface area contributed by atoms with Gasteiger partial charge in [0.25, 0.3) is 0 Å². The number of amides is 1. The van der Waals surface area contributed by atoms with E-state index in [4.69, 9.17) is 0 Å². The Labute approximate surface area is 263 Å². The molecule has 5 aromatic rings. The summed E-state index contributed by atoms with van der Waals surface area (Å²) in [6.45, 7) is 10.7. The van der Waals surface area contributed by atoms with Crippen LogP contribution in [-0.4, -0.2) is 71.4 Å². The minimum atomic E-state index is -0.758. The van der Waals surface area contributed by atoms with Crippen LogP contribution >= 0.6 is 0 Å². The van der Waals surface area contributed by atoms with Crippen LogP contribution in [0.4, 0.5) is 14.6 Å². The smallest absolute Gasteiger partial charge is 0.348 e. The Morgan fingerprint density at radius 1 is 1.13 bits per heavy atom. The van der Waals surface area contributed by atoms with Gasteiger partial charge in [-0.25, -0.2) is 23.2 Å². The first-order valence-electron chi connectivity index (χ1n) is 15.1. The summed E-state index contributed by atoms with van der Waals surface area (Å²) in [6, 6.07) is 9.37. The van der Waals surface area contributed by atoms with Gasteiger partial charge in [-0.15, -0.1) is 5.10 Å². The van der Waals surface area contributed by atoms with Crippen molar-refractivity contribution in [2.75, 3.05) is 24.5 Å². The van der Waals surface area contributed by atoms with Crippen molar-refractivity contribution in [3.63, 3.8) is 0 Å². The molecule has 0 unspecified atom stereocenters. The quantitative estimate of drug-likeness (QED) is 0.252. The molecule has 1 aromatic carbocycles. The topological polar surface area (TPSA) is 126 Å². The van der Waals surface area contributed by atoms with Crippen LogP contribution in [0.2, 0.25) is 0 Å². The lowest BCUT2D eigenvalue weighted by molar-refractivity contribution is -0.126. The zero-order valence-corrected chi connectivity index (χ0v) is 25.7. The second-order valence-electron chi connectivity index (χ2n) is 11.6. The molecule has 1 aliphatic rings. The number of nitrogens with one attached hydrogen (secondary N) is 1. The van der Waals surface area contributed by atoms with Gasteiger partial charge in [-0.1, -0.05) is 37.8 Å². The molecule has 4 aromatic heterocycles. The molecule has 1 saturated heterocycles. The molecule has 1 aliphatic heterocycles. The molecule has 0 aliphatic carbocycles. The van der Waals surface area contributed by atoms with Gasteiger partial charge in [-0.3, -0.25) is 14.8 Å². The maximum absolute atomic E-state index is 16.0. The highest BCUT2D eigenvalue weighted by Crippen LogP contribution is 2.33. The van der Waals surface area contributed by atoms with Crippen molar-refractivity contribution in [1.29, 1.82) is 0 Å². The fraction of sp³-hybridized carbons (Fsp3) is 0.303. The molecule has 0 saturated carbocycles. The SMILES string of the molecule is C=CC(=O)N1CCN(c2nc(=O)[nH]c3nc(-c4c(F)cccc4CCc4cnnn4-c4ccnc(C(C)C)c4)c(F)cc23)[C@@H](C)C1. The molecule has 1 N–H and O–H groups in total. The lowest BCUT2D eigenvalue weighted by Crippen LogP contribution is -2.54. The van der Waals surface area contributed by atoms with Crippen LogP contribution in [0.25, 0.3) is 28.0 Å². The number of H-pyrrole nitrogens is 1. The minimum Gasteiger partial charge on any atom is -0.350 e. The Kier molecular flexibility index (Phi) is 8.39. The number of fused-ring (bicyclic) bond motifs is 1. The number of piperazine rings is 1. The number of carbonyl (C=O) groups is 1. The van der Waals surface area contributed by atoms with E-state index < -0.39 is 17.3 Å². The first-order valence-corrected chi connectivity index (χ1v) is 15.1. The van der Waals surface area contributed by atoms with E-state index in [1.165, 1.54) is 18.2 Å². The van der Waals surface area contributed by atoms with Crippen molar-refractivity contribution >= 4 is 22.8 Å². The minimum absolute atomic E-state index is 0.0102. The van der Waals surface area contributed by atoms with E-state index in [0.717, 1.165) is 17.1 Å². The number of hydrogen-bond donors (Lipinski definition) is 1. The molecule has 0 spiro atoms. The van der Waals surface area contributed by atoms with Crippen LogP contribution in [0.1, 0.15) is 43.6 Å². The highest BCUT2D eigenvalue weighted by molar-refractivity contribution is 5.90. The summed E-state index contributed by atoms with van der Waals surface area (Å²) in [5, 5.41) is 8.62. The summed E-state index contributed by atoms with van der Waals surface area (Å²) in [5.41, 5.74) is 2.25. The van der Waals surface area contributed by atoms with Crippen LogP contribution in [0.5, 0.6) is 0 Å². The van der Waals surface area contributed by atoms with Gasteiger partial charge < -0.3 is 9.80 Å². The maximum Gasteiger partial charge on any atom is 0.348 e. The molecule has 46 heavy (non-hydrogen) atoms. The summed E-state index contributed by atoms with van der Waals surface area (Å²) in [7, 11) is 0. The van der Waals surface area contributed by atoms with Crippen LogP contribution in [0, 0.1) is 11.6 Å². The van der Waals surface area contributed by atoms with Gasteiger partial charge in [0.1, 0.15) is 28.8 Å². The molecule has 11 nitrogen and oxygen atoms in total. The van der Waals surface area contributed by atoms with Gasteiger partial charge in [0, 0.05) is 43.1 Å². The highest BCUT2D eigenvalue weighted by atomic mass is 19.1. The predicted molar refractivity (Wildman–Crippen MR) is 170 cm³/mol. The number of carbonyl (C=O) groups excluding carboxylic acids is 1. The normalized spacial score (nSPS) is 15.1. The number of benzene rings is 1. The van der Waals surface area contributed by atoms with Crippen molar-refractivity contribution < 1.29 is 13.6 Å². The lowest BCUT2D eigenvalue weighted by Gasteiger charge is -2.40. The Bertz CT molecular complexity index is 2010. The number of anilines is 1. The van der Waals surface area contributed by atoms with E-state index in [1.807, 2.05) is 24.0 Å². The number of aromatic amines is 1. The predicted octanol–water partition coefficient (Wildman–Crippen LogP) is 4.37. The van der Waals surface area contributed by atoms with Crippen molar-refractivity contribution in [3.8, 4) is 16.9 Å². The molecule has 0 bridgehead atoms. The molecule has 13 heteroatoms. The fourth-order valence-corrected chi connectivity index (χ4v) is 5.87. The molecular weight excluding hydrogens is 592 g/mol. The van der Waals surface area contributed by atoms with Gasteiger partial charge in [0.05, 0.1) is 23.0 Å². The molecule has 0 radical (unpaired) electrons. The van der Waals surface area contributed by atoms with E-state index in [0.29, 0.717) is 38.0 Å². The zero-order valence-electron chi connectivity index (χ0n) is 25.7. The Balaban J connectivity index is 1.33. The van der Waals surface area contributed by atoms with Gasteiger partial charge >= 0.3 is 5.69 Å². The highest BCUT2D eigenvalue weighted by Gasteiger charge is 2.29. The number of nitrogens with zero attached hydrogens (tertiary/aromatic N) is 8. The van der Waals surface area contributed by atoms with Crippen molar-refractivity contribution in [2.45, 2.75) is 45.6 Å². The summed E-state index contributed by atoms with van der Waals surface area (Å²) in [6.07, 6.45) is 5.41. The van der Waals surface area contributed by atoms with Crippen LogP contribution in [0.3, 0.4) is 0 Å². The standard InChI is InChI=1S/C33H33F2N9O2/c1-5-28(45)42-13-14-43(20(4)18-42)32-24-16-26(35)30(38-31(24)39-33(46)40-32)29-21(7-6-8-25(29)34)9-10-23-17-37-41-44(23)22-11-12-36-27(15-22)19(2)3/h5-8,11-12,15-17,19-20H,1,9-10,13-14,18H2,2-4H3,(H,38,39,40,46)/t20-/m0/s1. The Hall–Kier alpha value is -5.33. The second-order valence-corrected chi connectivity index (χ2v) is 11.6. The molecule has 5 heterocycles. The lowest BCUT2D eigenvalue weighted by atomic mass is 9.98. The van der Waals surface area contributed by atoms with Crippen LogP contribution < -0.4 is 10.6 Å². The summed E-state index contributed by atoms with van der Waals surface area (Å²) in [4.78, 5) is 43.9. The van der Waals surface area contributed by atoms with Crippen LogP contribution in [-0.2, 0) is 17.6 Å². The first-order chi connectivity index (χ1) is 22.1. The summed E-state index contributed by atoms with van der Waals surface area (Å²) < 4.78 is 33.2. The fourth-order valence-electron chi connectivity index (χ4n) is 5.87. The third-order valence-corrected chi connectivity index (χ3v) is 8.24. The average Bonchev–Trinajstić information content (AvgIpc) is 3.52. The van der Waals surface area contributed by atoms with Gasteiger partial charge in [-0.2, -0.15) is 4.98 Å². The summed E-state index contributed by atoms with van der Waals surface area (Å²) in [5.74, 6) is -1.10. The largest absolute Gasteiger partial charge is 0.350 e. The number of halogens is 2. The van der Waals surface area contributed by atoms with Gasteiger partial charge in [-0.05, 0) is 61.6 Å². The van der Waals surface area contributed by atoms with E-state index in [1.54, 1.807) is 34.1 Å². The van der Waals surface area contributed by atoms with E-state index in [-0.39, 0.29) is 46.0 Å². The Morgan fingerprint density at radius 3 is 2.72 bits per heavy atom. The number of aromatic nitrogens is 7. The monoisotopic (exact) mass is 625 g/mol. The number of rotatable bonds is 8. The van der Waals surface area contributed by atoms with E-state index in [9.17, 15) is 9.59 Å². The average molecular weight is 626 g/mol. The van der Waals surface area contributed by atoms with Crippen LogP contribution in [0.15, 0.2) is 66.2 Å². The molecule has 1 amide bonds. The maximum atomic E-state index is 16.0. The van der Waals surface area contributed by atoms with Crippen molar-refractivity contribution in [1.82, 2.24) is 39.8 Å². The third-order valence-electron chi connectivity index (χ3n) is 8.24. The summed E-state index contributed by atoms with van der Waals surface area (Å²) >= 11 is 0. The molecule has 6 rings (SSSR count). The molecule has 1 atom stereocenters. The van der Waals surface area contributed by atoms with Gasteiger partial charge in [0.15, 0.2) is 0 Å². The number of pyridine rings is 2. The Morgan fingerprint density at radius 2 is 1.96 bits per heavy atom. The molecule has 1 fully saturated rings. The third kappa shape index (κ3) is 5.87. The second kappa shape index (κ2) is 12.6. The van der Waals surface area contributed by atoms with E-state index in [2.05, 4.69) is 50.7 Å². The molecular formula is C33H33F2N9O2. The molecule has 236 valence electrons. The number of aryl methyl sites for hydroxylation is 2. The first kappa shape index (κ1) is 30.7. The van der Waals surface area contributed by atoms with E-state index >= 15 is 8.78 Å².